The number of para-hydroxylation sites is 1. The van der Waals surface area contributed by atoms with Crippen LogP contribution in [0.4, 0.5) is 5.69 Å². The van der Waals surface area contributed by atoms with Crippen LogP contribution < -0.4 is 10.1 Å². The summed E-state index contributed by atoms with van der Waals surface area (Å²) in [4.78, 5) is 23.5. The normalized spacial score (nSPS) is 9.91. The topological polar surface area (TPSA) is 64.6 Å². The van der Waals surface area contributed by atoms with Crippen LogP contribution in [0, 0.1) is 6.92 Å². The van der Waals surface area contributed by atoms with Gasteiger partial charge in [0, 0.05) is 5.69 Å². The lowest BCUT2D eigenvalue weighted by molar-refractivity contribution is -0.118. The van der Waals surface area contributed by atoms with Gasteiger partial charge in [0.05, 0.1) is 7.11 Å². The number of carbonyl (C=O) groups is 2. The summed E-state index contributed by atoms with van der Waals surface area (Å²) in [5.74, 6) is -0.492. The van der Waals surface area contributed by atoms with Crippen LogP contribution in [-0.2, 0) is 9.53 Å². The van der Waals surface area contributed by atoms with E-state index in [0.29, 0.717) is 11.4 Å². The third kappa shape index (κ3) is 4.09. The molecular weight excluding hydrogens is 282 g/mol. The molecule has 1 amide bonds. The zero-order valence-corrected chi connectivity index (χ0v) is 12.5. The maximum atomic E-state index is 11.9. The molecule has 22 heavy (non-hydrogen) atoms. The van der Waals surface area contributed by atoms with Crippen LogP contribution in [-0.4, -0.2) is 25.6 Å². The van der Waals surface area contributed by atoms with Gasteiger partial charge in [0.1, 0.15) is 11.3 Å². The molecule has 0 radical (unpaired) electrons. The first kappa shape index (κ1) is 15.6. The summed E-state index contributed by atoms with van der Waals surface area (Å²) in [6.45, 7) is 1.75. The zero-order valence-electron chi connectivity index (χ0n) is 12.5. The van der Waals surface area contributed by atoms with Gasteiger partial charge in [-0.3, -0.25) is 4.79 Å². The van der Waals surface area contributed by atoms with Crippen molar-refractivity contribution in [2.45, 2.75) is 6.92 Å². The molecule has 2 aromatic carbocycles. The summed E-state index contributed by atoms with van der Waals surface area (Å²) in [6.07, 6.45) is 0. The lowest BCUT2D eigenvalue weighted by atomic mass is 10.2. The lowest BCUT2D eigenvalue weighted by Gasteiger charge is -2.10. The van der Waals surface area contributed by atoms with E-state index in [1.54, 1.807) is 30.3 Å². The van der Waals surface area contributed by atoms with Crippen LogP contribution >= 0.6 is 0 Å². The highest BCUT2D eigenvalue weighted by atomic mass is 16.5. The quantitative estimate of drug-likeness (QED) is 0.862. The molecule has 0 aliphatic rings. The molecule has 0 bridgehead atoms. The van der Waals surface area contributed by atoms with Crippen LogP contribution in [0.3, 0.4) is 0 Å². The molecular formula is C17H17NO4. The smallest absolute Gasteiger partial charge is 0.341 e. The van der Waals surface area contributed by atoms with Crippen LogP contribution in [0.15, 0.2) is 48.5 Å². The highest BCUT2D eigenvalue weighted by molar-refractivity contribution is 5.94. The largest absolute Gasteiger partial charge is 0.483 e. The van der Waals surface area contributed by atoms with Gasteiger partial charge in [0.2, 0.25) is 0 Å². The Morgan fingerprint density at radius 3 is 2.59 bits per heavy atom. The van der Waals surface area contributed by atoms with Gasteiger partial charge in [-0.1, -0.05) is 24.3 Å². The summed E-state index contributed by atoms with van der Waals surface area (Å²) >= 11 is 0. The number of nitrogens with one attached hydrogen (secondary N) is 1. The highest BCUT2D eigenvalue weighted by Gasteiger charge is 2.13. The molecule has 5 nitrogen and oxygen atoms in total. The Kier molecular flexibility index (Phi) is 5.14. The van der Waals surface area contributed by atoms with Crippen molar-refractivity contribution in [3.63, 3.8) is 0 Å². The first-order chi connectivity index (χ1) is 10.6. The zero-order chi connectivity index (χ0) is 15.9. The molecule has 0 saturated carbocycles. The molecule has 0 aliphatic carbocycles. The molecule has 0 atom stereocenters. The minimum Gasteiger partial charge on any atom is -0.483 e. The SMILES string of the molecule is COC(=O)c1ccccc1OCC(=O)Nc1cccc(C)c1. The fourth-order valence-corrected chi connectivity index (χ4v) is 1.93. The molecule has 0 aromatic heterocycles. The van der Waals surface area contributed by atoms with E-state index in [2.05, 4.69) is 10.1 Å². The van der Waals surface area contributed by atoms with Gasteiger partial charge in [-0.25, -0.2) is 4.79 Å². The van der Waals surface area contributed by atoms with E-state index in [0.717, 1.165) is 5.56 Å². The summed E-state index contributed by atoms with van der Waals surface area (Å²) in [7, 11) is 1.30. The van der Waals surface area contributed by atoms with E-state index in [9.17, 15) is 9.59 Å². The standard InChI is InChI=1S/C17H17NO4/c1-12-6-5-7-13(10-12)18-16(19)11-22-15-9-4-3-8-14(15)17(20)21-2/h3-10H,11H2,1-2H3,(H,18,19). The van der Waals surface area contributed by atoms with Gasteiger partial charge in [-0.2, -0.15) is 0 Å². The van der Waals surface area contributed by atoms with Crippen molar-refractivity contribution < 1.29 is 19.1 Å². The predicted octanol–water partition coefficient (Wildman–Crippen LogP) is 2.80. The number of hydrogen-bond acceptors (Lipinski definition) is 4. The van der Waals surface area contributed by atoms with Gasteiger partial charge in [0.15, 0.2) is 6.61 Å². The third-order valence-corrected chi connectivity index (χ3v) is 2.95. The van der Waals surface area contributed by atoms with E-state index < -0.39 is 5.97 Å². The summed E-state index contributed by atoms with van der Waals surface area (Å²) in [6, 6.07) is 14.1. The summed E-state index contributed by atoms with van der Waals surface area (Å²) in [5, 5.41) is 2.74. The number of esters is 1. The molecule has 1 N–H and O–H groups in total. The number of benzene rings is 2. The van der Waals surface area contributed by atoms with Crippen molar-refractivity contribution in [2.75, 3.05) is 19.0 Å². The second-order valence-corrected chi connectivity index (χ2v) is 4.69. The van der Waals surface area contributed by atoms with Gasteiger partial charge in [-0.15, -0.1) is 0 Å². The van der Waals surface area contributed by atoms with Crippen LogP contribution in [0.5, 0.6) is 5.75 Å². The number of aryl methyl sites for hydroxylation is 1. The monoisotopic (exact) mass is 299 g/mol. The number of rotatable bonds is 5. The number of hydrogen-bond donors (Lipinski definition) is 1. The molecule has 0 heterocycles. The van der Waals surface area contributed by atoms with Gasteiger partial charge < -0.3 is 14.8 Å². The Labute approximate surface area is 128 Å². The summed E-state index contributed by atoms with van der Waals surface area (Å²) in [5.41, 5.74) is 2.04. The first-order valence-electron chi connectivity index (χ1n) is 6.77. The van der Waals surface area contributed by atoms with Crippen molar-refractivity contribution in [2.24, 2.45) is 0 Å². The lowest BCUT2D eigenvalue weighted by Crippen LogP contribution is -2.21. The van der Waals surface area contributed by atoms with Gasteiger partial charge in [-0.05, 0) is 36.8 Å². The minimum absolute atomic E-state index is 0.193. The van der Waals surface area contributed by atoms with Crippen molar-refractivity contribution in [1.82, 2.24) is 0 Å². The molecule has 0 fully saturated rings. The highest BCUT2D eigenvalue weighted by Crippen LogP contribution is 2.18. The van der Waals surface area contributed by atoms with Gasteiger partial charge >= 0.3 is 5.97 Å². The maximum absolute atomic E-state index is 11.9. The second-order valence-electron chi connectivity index (χ2n) is 4.69. The Morgan fingerprint density at radius 2 is 1.86 bits per heavy atom. The number of ether oxygens (including phenoxy) is 2. The van der Waals surface area contributed by atoms with Crippen LogP contribution in [0.1, 0.15) is 15.9 Å². The Bertz CT molecular complexity index is 682. The Balaban J connectivity index is 1.98. The predicted molar refractivity (Wildman–Crippen MR) is 83.1 cm³/mol. The summed E-state index contributed by atoms with van der Waals surface area (Å²) < 4.78 is 10.1. The first-order valence-corrected chi connectivity index (χ1v) is 6.77. The molecule has 0 aliphatic heterocycles. The van der Waals surface area contributed by atoms with E-state index in [-0.39, 0.29) is 18.1 Å². The van der Waals surface area contributed by atoms with E-state index in [4.69, 9.17) is 4.74 Å². The maximum Gasteiger partial charge on any atom is 0.341 e. The molecule has 0 unspecified atom stereocenters. The van der Waals surface area contributed by atoms with Crippen molar-refractivity contribution in [1.29, 1.82) is 0 Å². The average molecular weight is 299 g/mol. The molecule has 2 rings (SSSR count). The molecule has 2 aromatic rings. The fraction of sp³-hybridized carbons (Fsp3) is 0.176. The Hall–Kier alpha value is -2.82. The van der Waals surface area contributed by atoms with Crippen molar-refractivity contribution in [3.05, 3.63) is 59.7 Å². The van der Waals surface area contributed by atoms with Crippen LogP contribution in [0.2, 0.25) is 0 Å². The number of carbonyl (C=O) groups excluding carboxylic acids is 2. The van der Waals surface area contributed by atoms with Crippen molar-refractivity contribution in [3.8, 4) is 5.75 Å². The molecule has 0 saturated heterocycles. The molecule has 114 valence electrons. The van der Waals surface area contributed by atoms with Gasteiger partial charge in [0.25, 0.3) is 5.91 Å². The van der Waals surface area contributed by atoms with Crippen LogP contribution in [0.25, 0.3) is 0 Å². The number of amides is 1. The number of methoxy groups -OCH3 is 1. The fourth-order valence-electron chi connectivity index (χ4n) is 1.93. The molecule has 5 heteroatoms. The number of anilines is 1. The molecule has 0 spiro atoms. The van der Waals surface area contributed by atoms with E-state index in [1.165, 1.54) is 7.11 Å². The second kappa shape index (κ2) is 7.26. The van der Waals surface area contributed by atoms with Crippen molar-refractivity contribution >= 4 is 17.6 Å². The van der Waals surface area contributed by atoms with E-state index in [1.807, 2.05) is 25.1 Å². The third-order valence-electron chi connectivity index (χ3n) is 2.95. The average Bonchev–Trinajstić information content (AvgIpc) is 2.52. The Morgan fingerprint density at radius 1 is 1.09 bits per heavy atom. The van der Waals surface area contributed by atoms with E-state index >= 15 is 0 Å². The minimum atomic E-state index is -0.505.